The minimum atomic E-state index is -0.106. The molecule has 0 bridgehead atoms. The van der Waals surface area contributed by atoms with Crippen molar-refractivity contribution in [2.75, 3.05) is 19.5 Å². The van der Waals surface area contributed by atoms with Crippen LogP contribution in [0.1, 0.15) is 15.2 Å². The Labute approximate surface area is 151 Å². The summed E-state index contributed by atoms with van der Waals surface area (Å²) < 4.78 is 10.6. The second-order valence-corrected chi connectivity index (χ2v) is 6.59. The van der Waals surface area contributed by atoms with E-state index in [0.29, 0.717) is 16.4 Å². The molecule has 3 aromatic rings. The molecule has 1 N–H and O–H groups in total. The lowest BCUT2D eigenvalue weighted by Gasteiger charge is -2.08. The van der Waals surface area contributed by atoms with Crippen LogP contribution in [0.5, 0.6) is 11.5 Å². The van der Waals surface area contributed by atoms with Crippen LogP contribution in [0.15, 0.2) is 54.6 Å². The molecule has 4 nitrogen and oxygen atoms in total. The van der Waals surface area contributed by atoms with Gasteiger partial charge in [0.2, 0.25) is 0 Å². The van der Waals surface area contributed by atoms with Gasteiger partial charge in [0, 0.05) is 10.6 Å². The van der Waals surface area contributed by atoms with E-state index in [-0.39, 0.29) is 5.91 Å². The van der Waals surface area contributed by atoms with Gasteiger partial charge in [0.25, 0.3) is 5.91 Å². The van der Waals surface area contributed by atoms with Crippen LogP contribution in [0.3, 0.4) is 0 Å². The maximum absolute atomic E-state index is 12.5. The van der Waals surface area contributed by atoms with Gasteiger partial charge in [0.1, 0.15) is 0 Å². The van der Waals surface area contributed by atoms with Gasteiger partial charge in [0.15, 0.2) is 11.5 Å². The van der Waals surface area contributed by atoms with Gasteiger partial charge in [0.05, 0.1) is 19.1 Å². The summed E-state index contributed by atoms with van der Waals surface area (Å²) in [6.45, 7) is 1.97. The van der Waals surface area contributed by atoms with E-state index in [1.54, 1.807) is 14.2 Å². The summed E-state index contributed by atoms with van der Waals surface area (Å²) in [6, 6.07) is 17.2. The van der Waals surface area contributed by atoms with Crippen molar-refractivity contribution in [1.29, 1.82) is 0 Å². The predicted molar refractivity (Wildman–Crippen MR) is 102 cm³/mol. The van der Waals surface area contributed by atoms with Gasteiger partial charge in [-0.25, -0.2) is 0 Å². The second-order valence-electron chi connectivity index (χ2n) is 5.50. The number of carbonyl (C=O) groups excluding carboxylic acids is 1. The average Bonchev–Trinajstić information content (AvgIpc) is 3.13. The van der Waals surface area contributed by atoms with E-state index >= 15 is 0 Å². The molecule has 3 rings (SSSR count). The van der Waals surface area contributed by atoms with Crippen LogP contribution in [0.25, 0.3) is 10.4 Å². The van der Waals surface area contributed by atoms with E-state index < -0.39 is 0 Å². The fourth-order valence-electron chi connectivity index (χ4n) is 2.50. The number of thiophene rings is 1. The summed E-state index contributed by atoms with van der Waals surface area (Å²) in [4.78, 5) is 14.1. The van der Waals surface area contributed by atoms with Crippen molar-refractivity contribution in [2.24, 2.45) is 0 Å². The Morgan fingerprint density at radius 2 is 1.72 bits per heavy atom. The molecule has 25 heavy (non-hydrogen) atoms. The predicted octanol–water partition coefficient (Wildman–Crippen LogP) is 4.99. The van der Waals surface area contributed by atoms with Crippen molar-refractivity contribution in [1.82, 2.24) is 0 Å². The molecular weight excluding hydrogens is 334 g/mol. The molecule has 1 heterocycles. The van der Waals surface area contributed by atoms with Crippen LogP contribution in [0.4, 0.5) is 5.69 Å². The Bertz CT molecular complexity index is 901. The standard InChI is InChI=1S/C20H19NO3S/c1-13-6-4-5-7-15(13)21-20(22)19-11-10-18(25-19)14-8-9-16(23-2)17(12-14)24-3/h4-12H,1-3H3,(H,21,22). The summed E-state index contributed by atoms with van der Waals surface area (Å²) >= 11 is 1.44. The smallest absolute Gasteiger partial charge is 0.265 e. The maximum atomic E-state index is 12.5. The van der Waals surface area contributed by atoms with E-state index in [2.05, 4.69) is 5.32 Å². The summed E-state index contributed by atoms with van der Waals surface area (Å²) in [5.74, 6) is 1.24. The first-order valence-corrected chi connectivity index (χ1v) is 8.63. The van der Waals surface area contributed by atoms with Gasteiger partial charge in [-0.05, 0) is 54.4 Å². The monoisotopic (exact) mass is 353 g/mol. The maximum Gasteiger partial charge on any atom is 0.265 e. The molecule has 0 fully saturated rings. The zero-order chi connectivity index (χ0) is 17.8. The van der Waals surface area contributed by atoms with Gasteiger partial charge in [-0.15, -0.1) is 11.3 Å². The van der Waals surface area contributed by atoms with Crippen LogP contribution < -0.4 is 14.8 Å². The lowest BCUT2D eigenvalue weighted by atomic mass is 10.1. The third-order valence-corrected chi connectivity index (χ3v) is 5.02. The second kappa shape index (κ2) is 7.40. The largest absolute Gasteiger partial charge is 0.493 e. The highest BCUT2D eigenvalue weighted by Crippen LogP contribution is 2.35. The Morgan fingerprint density at radius 3 is 2.44 bits per heavy atom. The van der Waals surface area contributed by atoms with Crippen LogP contribution in [-0.4, -0.2) is 20.1 Å². The fourth-order valence-corrected chi connectivity index (χ4v) is 3.40. The van der Waals surface area contributed by atoms with Gasteiger partial charge >= 0.3 is 0 Å². The molecule has 0 saturated heterocycles. The molecule has 128 valence electrons. The molecule has 0 atom stereocenters. The highest BCUT2D eigenvalue weighted by Gasteiger charge is 2.13. The highest BCUT2D eigenvalue weighted by atomic mass is 32.1. The normalized spacial score (nSPS) is 10.4. The third kappa shape index (κ3) is 3.67. The number of anilines is 1. The van der Waals surface area contributed by atoms with E-state index in [1.165, 1.54) is 11.3 Å². The molecule has 0 aliphatic rings. The van der Waals surface area contributed by atoms with E-state index in [4.69, 9.17) is 9.47 Å². The molecule has 0 aliphatic carbocycles. The molecule has 0 aliphatic heterocycles. The van der Waals surface area contributed by atoms with Crippen molar-refractivity contribution in [3.8, 4) is 21.9 Å². The highest BCUT2D eigenvalue weighted by molar-refractivity contribution is 7.17. The molecule has 0 saturated carbocycles. The molecule has 1 amide bonds. The van der Waals surface area contributed by atoms with Gasteiger partial charge in [-0.3, -0.25) is 4.79 Å². The summed E-state index contributed by atoms with van der Waals surface area (Å²) in [5, 5.41) is 2.96. The molecular formula is C20H19NO3S. The minimum absolute atomic E-state index is 0.106. The molecule has 5 heteroatoms. The summed E-state index contributed by atoms with van der Waals surface area (Å²) in [7, 11) is 3.22. The van der Waals surface area contributed by atoms with E-state index in [9.17, 15) is 4.79 Å². The number of nitrogens with one attached hydrogen (secondary N) is 1. The lowest BCUT2D eigenvalue weighted by Crippen LogP contribution is -2.10. The number of aryl methyl sites for hydroxylation is 1. The van der Waals surface area contributed by atoms with Crippen molar-refractivity contribution in [3.05, 3.63) is 65.0 Å². The van der Waals surface area contributed by atoms with Gasteiger partial charge < -0.3 is 14.8 Å². The summed E-state index contributed by atoms with van der Waals surface area (Å²) in [5.41, 5.74) is 2.85. The Hall–Kier alpha value is -2.79. The molecule has 0 unspecified atom stereocenters. The van der Waals surface area contributed by atoms with Crippen molar-refractivity contribution in [2.45, 2.75) is 6.92 Å². The number of hydrogen-bond acceptors (Lipinski definition) is 4. The number of amides is 1. The van der Waals surface area contributed by atoms with Crippen LogP contribution in [-0.2, 0) is 0 Å². The van der Waals surface area contributed by atoms with Gasteiger partial charge in [-0.1, -0.05) is 18.2 Å². The molecule has 2 aromatic carbocycles. The Kier molecular flexibility index (Phi) is 5.05. The van der Waals surface area contributed by atoms with Crippen molar-refractivity contribution in [3.63, 3.8) is 0 Å². The molecule has 0 spiro atoms. The fraction of sp³-hybridized carbons (Fsp3) is 0.150. The molecule has 0 radical (unpaired) electrons. The van der Waals surface area contributed by atoms with Crippen LogP contribution >= 0.6 is 11.3 Å². The quantitative estimate of drug-likeness (QED) is 0.703. The van der Waals surface area contributed by atoms with Gasteiger partial charge in [-0.2, -0.15) is 0 Å². The molecule has 1 aromatic heterocycles. The number of methoxy groups -OCH3 is 2. The first-order valence-electron chi connectivity index (χ1n) is 7.81. The first-order chi connectivity index (χ1) is 12.1. The number of benzene rings is 2. The third-order valence-electron chi connectivity index (χ3n) is 3.89. The first kappa shape index (κ1) is 17.0. The van der Waals surface area contributed by atoms with Crippen LogP contribution in [0, 0.1) is 6.92 Å². The minimum Gasteiger partial charge on any atom is -0.493 e. The lowest BCUT2D eigenvalue weighted by molar-refractivity contribution is 0.103. The van der Waals surface area contributed by atoms with Crippen molar-refractivity contribution < 1.29 is 14.3 Å². The topological polar surface area (TPSA) is 47.6 Å². The zero-order valence-electron chi connectivity index (χ0n) is 14.3. The number of rotatable bonds is 5. The Morgan fingerprint density at radius 1 is 0.960 bits per heavy atom. The zero-order valence-corrected chi connectivity index (χ0v) is 15.1. The van der Waals surface area contributed by atoms with Crippen molar-refractivity contribution >= 4 is 22.9 Å². The number of para-hydroxylation sites is 1. The van der Waals surface area contributed by atoms with Crippen LogP contribution in [0.2, 0.25) is 0 Å². The number of hydrogen-bond donors (Lipinski definition) is 1. The number of carbonyl (C=O) groups is 1. The summed E-state index contributed by atoms with van der Waals surface area (Å²) in [6.07, 6.45) is 0. The van der Waals surface area contributed by atoms with E-state index in [1.807, 2.05) is 61.5 Å². The SMILES string of the molecule is COc1ccc(-c2ccc(C(=O)Nc3ccccc3C)s2)cc1OC. The Balaban J connectivity index is 1.83. The number of ether oxygens (including phenoxy) is 2. The average molecular weight is 353 g/mol. The van der Waals surface area contributed by atoms with E-state index in [0.717, 1.165) is 21.7 Å².